The SMILES string of the molecule is Cn1cc(CCCC2CCN(c3ncc(C(=O)NOC4CCCCO4)cn3)CC2)c2cccc(F)c21. The van der Waals surface area contributed by atoms with E-state index in [1.807, 2.05) is 17.7 Å². The predicted octanol–water partition coefficient (Wildman–Crippen LogP) is 4.53. The van der Waals surface area contributed by atoms with Crippen LogP contribution in [0.25, 0.3) is 10.9 Å². The van der Waals surface area contributed by atoms with Crippen molar-refractivity contribution in [3.63, 3.8) is 0 Å². The van der Waals surface area contributed by atoms with Crippen LogP contribution in [0.15, 0.2) is 36.8 Å². The Morgan fingerprint density at radius 2 is 2.00 bits per heavy atom. The Labute approximate surface area is 210 Å². The maximum atomic E-state index is 14.2. The Balaban J connectivity index is 1.06. The Morgan fingerprint density at radius 3 is 2.75 bits per heavy atom. The molecule has 1 N–H and O–H groups in total. The highest BCUT2D eigenvalue weighted by Crippen LogP contribution is 2.28. The fourth-order valence-electron chi connectivity index (χ4n) is 5.29. The number of halogens is 1. The molecule has 192 valence electrons. The van der Waals surface area contributed by atoms with Crippen molar-refractivity contribution >= 4 is 22.8 Å². The van der Waals surface area contributed by atoms with Crippen molar-refractivity contribution in [2.45, 2.75) is 57.7 Å². The molecule has 2 saturated heterocycles. The van der Waals surface area contributed by atoms with Gasteiger partial charge in [0.1, 0.15) is 5.82 Å². The Kier molecular flexibility index (Phi) is 7.77. The molecule has 0 saturated carbocycles. The van der Waals surface area contributed by atoms with Gasteiger partial charge in [-0.05, 0) is 62.5 Å². The molecule has 2 aliphatic heterocycles. The van der Waals surface area contributed by atoms with Gasteiger partial charge in [0, 0.05) is 57.1 Å². The second-order valence-electron chi connectivity index (χ2n) is 9.84. The number of ether oxygens (including phenoxy) is 1. The number of hydrogen-bond acceptors (Lipinski definition) is 6. The monoisotopic (exact) mass is 495 g/mol. The maximum Gasteiger partial charge on any atom is 0.278 e. The number of aromatic nitrogens is 3. The van der Waals surface area contributed by atoms with Gasteiger partial charge in [0.25, 0.3) is 5.91 Å². The van der Waals surface area contributed by atoms with Gasteiger partial charge in [0.15, 0.2) is 6.29 Å². The molecule has 1 amide bonds. The number of nitrogens with one attached hydrogen (secondary N) is 1. The molecule has 36 heavy (non-hydrogen) atoms. The number of hydroxylamine groups is 1. The molecule has 0 radical (unpaired) electrons. The number of aryl methyl sites for hydroxylation is 2. The van der Waals surface area contributed by atoms with Gasteiger partial charge in [-0.25, -0.2) is 24.7 Å². The number of anilines is 1. The summed E-state index contributed by atoms with van der Waals surface area (Å²) in [5.74, 6) is 0.784. The smallest absolute Gasteiger partial charge is 0.278 e. The first kappa shape index (κ1) is 24.6. The summed E-state index contributed by atoms with van der Waals surface area (Å²) >= 11 is 0. The molecule has 1 aromatic carbocycles. The number of para-hydroxylation sites is 1. The maximum absolute atomic E-state index is 14.2. The van der Waals surface area contributed by atoms with Crippen molar-refractivity contribution in [1.82, 2.24) is 20.0 Å². The summed E-state index contributed by atoms with van der Waals surface area (Å²) in [5.41, 5.74) is 4.71. The lowest BCUT2D eigenvalue weighted by atomic mass is 9.91. The standard InChI is InChI=1S/C27H34FN5O3/c1-32-18-20(22-8-5-9-23(28)25(22)32)7-4-6-19-11-13-33(14-12-19)27-29-16-21(17-30-27)26(34)31-36-24-10-2-3-15-35-24/h5,8-9,16-19,24H,2-4,6-7,10-15H2,1H3,(H,31,34). The third-order valence-electron chi connectivity index (χ3n) is 7.31. The van der Waals surface area contributed by atoms with Crippen molar-refractivity contribution in [3.05, 3.63) is 53.7 Å². The van der Waals surface area contributed by atoms with Crippen LogP contribution >= 0.6 is 0 Å². The minimum absolute atomic E-state index is 0.160. The second kappa shape index (κ2) is 11.3. The summed E-state index contributed by atoms with van der Waals surface area (Å²) < 4.78 is 21.5. The van der Waals surface area contributed by atoms with Gasteiger partial charge in [-0.1, -0.05) is 12.1 Å². The summed E-state index contributed by atoms with van der Waals surface area (Å²) in [7, 11) is 1.91. The zero-order valence-electron chi connectivity index (χ0n) is 20.8. The molecule has 1 atom stereocenters. The molecule has 3 aromatic rings. The number of nitrogens with zero attached hydrogens (tertiary/aromatic N) is 4. The average Bonchev–Trinajstić information content (AvgIpc) is 3.24. The lowest BCUT2D eigenvalue weighted by Gasteiger charge is -2.32. The second-order valence-corrected chi connectivity index (χ2v) is 9.84. The van der Waals surface area contributed by atoms with Crippen LogP contribution in [0.1, 0.15) is 60.9 Å². The number of hydrogen-bond donors (Lipinski definition) is 1. The Bertz CT molecular complexity index is 1170. The van der Waals surface area contributed by atoms with E-state index in [-0.39, 0.29) is 18.0 Å². The van der Waals surface area contributed by atoms with Gasteiger partial charge >= 0.3 is 0 Å². The van der Waals surface area contributed by atoms with E-state index in [0.717, 1.165) is 69.8 Å². The summed E-state index contributed by atoms with van der Waals surface area (Å²) in [4.78, 5) is 28.7. The van der Waals surface area contributed by atoms with Gasteiger partial charge in [-0.2, -0.15) is 0 Å². The van der Waals surface area contributed by atoms with E-state index in [0.29, 0.717) is 29.6 Å². The van der Waals surface area contributed by atoms with E-state index in [4.69, 9.17) is 9.57 Å². The topological polar surface area (TPSA) is 81.5 Å². The lowest BCUT2D eigenvalue weighted by Crippen LogP contribution is -2.35. The number of amides is 1. The molecule has 2 fully saturated rings. The number of fused-ring (bicyclic) bond motifs is 1. The molecule has 9 heteroatoms. The fourth-order valence-corrected chi connectivity index (χ4v) is 5.29. The molecule has 1 unspecified atom stereocenters. The highest BCUT2D eigenvalue weighted by Gasteiger charge is 2.22. The van der Waals surface area contributed by atoms with Crippen LogP contribution in [0.3, 0.4) is 0 Å². The normalized spacial score (nSPS) is 19.1. The van der Waals surface area contributed by atoms with E-state index in [1.165, 1.54) is 11.6 Å². The summed E-state index contributed by atoms with van der Waals surface area (Å²) in [5, 5.41) is 1.02. The minimum Gasteiger partial charge on any atom is -0.350 e. The van der Waals surface area contributed by atoms with Crippen LogP contribution in [-0.2, 0) is 23.0 Å². The number of rotatable bonds is 8. The molecule has 8 nitrogen and oxygen atoms in total. The number of piperidine rings is 1. The van der Waals surface area contributed by atoms with Gasteiger partial charge in [0.05, 0.1) is 11.1 Å². The van der Waals surface area contributed by atoms with E-state index in [2.05, 4.69) is 26.5 Å². The van der Waals surface area contributed by atoms with Crippen molar-refractivity contribution in [2.24, 2.45) is 13.0 Å². The molecule has 0 aliphatic carbocycles. The first-order valence-corrected chi connectivity index (χ1v) is 13.0. The van der Waals surface area contributed by atoms with Gasteiger partial charge in [-0.15, -0.1) is 0 Å². The summed E-state index contributed by atoms with van der Waals surface area (Å²) in [6, 6.07) is 5.32. The molecule has 0 bridgehead atoms. The van der Waals surface area contributed by atoms with E-state index in [9.17, 15) is 9.18 Å². The van der Waals surface area contributed by atoms with E-state index in [1.54, 1.807) is 18.5 Å². The highest BCUT2D eigenvalue weighted by molar-refractivity contribution is 5.92. The van der Waals surface area contributed by atoms with Crippen LogP contribution in [-0.4, -0.2) is 46.4 Å². The molecule has 4 heterocycles. The van der Waals surface area contributed by atoms with Gasteiger partial charge < -0.3 is 14.2 Å². The van der Waals surface area contributed by atoms with Crippen LogP contribution in [0.2, 0.25) is 0 Å². The van der Waals surface area contributed by atoms with Crippen LogP contribution < -0.4 is 10.4 Å². The number of carbonyl (C=O) groups excluding carboxylic acids is 1. The van der Waals surface area contributed by atoms with Gasteiger partial charge in [0.2, 0.25) is 5.95 Å². The summed E-state index contributed by atoms with van der Waals surface area (Å²) in [6.07, 6.45) is 13.0. The van der Waals surface area contributed by atoms with E-state index >= 15 is 0 Å². The average molecular weight is 496 g/mol. The van der Waals surface area contributed by atoms with Crippen LogP contribution in [0.4, 0.5) is 10.3 Å². The summed E-state index contributed by atoms with van der Waals surface area (Å²) in [6.45, 7) is 2.45. The van der Waals surface area contributed by atoms with Crippen LogP contribution in [0, 0.1) is 11.7 Å². The van der Waals surface area contributed by atoms with Crippen molar-refractivity contribution in [1.29, 1.82) is 0 Å². The van der Waals surface area contributed by atoms with Crippen molar-refractivity contribution < 1.29 is 18.8 Å². The molecule has 2 aliphatic rings. The van der Waals surface area contributed by atoms with E-state index < -0.39 is 0 Å². The van der Waals surface area contributed by atoms with Gasteiger partial charge in [-0.3, -0.25) is 4.79 Å². The highest BCUT2D eigenvalue weighted by atomic mass is 19.1. The number of benzene rings is 1. The van der Waals surface area contributed by atoms with Crippen molar-refractivity contribution in [2.75, 3.05) is 24.6 Å². The molecular formula is C27H34FN5O3. The number of carbonyl (C=O) groups is 1. The zero-order chi connectivity index (χ0) is 24.9. The molecular weight excluding hydrogens is 461 g/mol. The quantitative estimate of drug-likeness (QED) is 0.463. The van der Waals surface area contributed by atoms with Crippen LogP contribution in [0.5, 0.6) is 0 Å². The molecule has 2 aromatic heterocycles. The third kappa shape index (κ3) is 5.68. The first-order valence-electron chi connectivity index (χ1n) is 13.0. The first-order chi connectivity index (χ1) is 17.6. The minimum atomic E-state index is -0.390. The Hall–Kier alpha value is -3.04. The van der Waals surface area contributed by atoms with Crippen molar-refractivity contribution in [3.8, 4) is 0 Å². The predicted molar refractivity (Wildman–Crippen MR) is 135 cm³/mol. The zero-order valence-corrected chi connectivity index (χ0v) is 20.8. The lowest BCUT2D eigenvalue weighted by molar-refractivity contribution is -0.186. The fraction of sp³-hybridized carbons (Fsp3) is 0.519. The third-order valence-corrected chi connectivity index (χ3v) is 7.31. The molecule has 0 spiro atoms. The Morgan fingerprint density at radius 1 is 1.19 bits per heavy atom. The molecule has 5 rings (SSSR count). The largest absolute Gasteiger partial charge is 0.350 e.